The van der Waals surface area contributed by atoms with Crippen LogP contribution in [0.3, 0.4) is 0 Å². The summed E-state index contributed by atoms with van der Waals surface area (Å²) < 4.78 is 0. The molecule has 1 aliphatic carbocycles. The van der Waals surface area contributed by atoms with Crippen molar-refractivity contribution in [1.82, 2.24) is 0 Å². The van der Waals surface area contributed by atoms with Crippen molar-refractivity contribution in [3.8, 4) is 0 Å². The summed E-state index contributed by atoms with van der Waals surface area (Å²) in [5.41, 5.74) is -1.14. The van der Waals surface area contributed by atoms with Crippen molar-refractivity contribution in [1.29, 1.82) is 0 Å². The molecule has 1 aliphatic rings. The van der Waals surface area contributed by atoms with E-state index in [4.69, 9.17) is 0 Å². The highest BCUT2D eigenvalue weighted by molar-refractivity contribution is 4.85. The quantitative estimate of drug-likeness (QED) is 0.522. The molecule has 0 radical (unpaired) electrons. The van der Waals surface area contributed by atoms with Crippen molar-refractivity contribution in [3.63, 3.8) is 0 Å². The van der Waals surface area contributed by atoms with Crippen LogP contribution in [-0.4, -0.2) is 21.4 Å². The fraction of sp³-hybridized carbons (Fsp3) is 1.00. The summed E-state index contributed by atoms with van der Waals surface area (Å²) in [6.45, 7) is 29.0. The van der Waals surface area contributed by atoms with Gasteiger partial charge in [0, 0.05) is 0 Å². The van der Waals surface area contributed by atoms with Gasteiger partial charge in [-0.1, -0.05) is 82.1 Å². The molecule has 2 nitrogen and oxygen atoms in total. The van der Waals surface area contributed by atoms with Crippen LogP contribution >= 0.6 is 0 Å². The zero-order valence-electron chi connectivity index (χ0n) is 21.3. The maximum atomic E-state index is 9.35. The summed E-state index contributed by atoms with van der Waals surface area (Å²) in [5, 5.41) is 18.7. The standard InChI is InChI=1S/C11H22.2C7H16O/c1-5-10-8(3)7-9(4)11(10)6-2;2*1-6(2,3)7(4,5)8/h8-11H,5-7H2,1-4H3;2*8H,1-5H3. The Hall–Kier alpha value is -0.0800. The molecule has 1 fully saturated rings. The van der Waals surface area contributed by atoms with Crippen molar-refractivity contribution in [2.45, 2.75) is 127 Å². The lowest BCUT2D eigenvalue weighted by molar-refractivity contribution is -0.0240. The average molecular weight is 387 g/mol. The van der Waals surface area contributed by atoms with Gasteiger partial charge in [-0.25, -0.2) is 0 Å². The van der Waals surface area contributed by atoms with E-state index in [1.807, 2.05) is 69.2 Å². The summed E-state index contributed by atoms with van der Waals surface area (Å²) >= 11 is 0. The van der Waals surface area contributed by atoms with Crippen molar-refractivity contribution < 1.29 is 10.2 Å². The summed E-state index contributed by atoms with van der Waals surface area (Å²) in [7, 11) is 0. The van der Waals surface area contributed by atoms with Gasteiger partial charge in [-0.2, -0.15) is 0 Å². The monoisotopic (exact) mass is 386 g/mol. The molecule has 0 aromatic rings. The first-order valence-corrected chi connectivity index (χ1v) is 11.1. The average Bonchev–Trinajstić information content (AvgIpc) is 2.68. The topological polar surface area (TPSA) is 40.5 Å². The lowest BCUT2D eigenvalue weighted by atomic mass is 9.79. The highest BCUT2D eigenvalue weighted by Crippen LogP contribution is 2.44. The summed E-state index contributed by atoms with van der Waals surface area (Å²) in [4.78, 5) is 0. The molecule has 27 heavy (non-hydrogen) atoms. The predicted octanol–water partition coefficient (Wildman–Crippen LogP) is 7.32. The molecule has 0 aromatic carbocycles. The van der Waals surface area contributed by atoms with Crippen molar-refractivity contribution in [2.24, 2.45) is 34.5 Å². The second-order valence-corrected chi connectivity index (χ2v) is 12.0. The fourth-order valence-electron chi connectivity index (χ4n) is 3.19. The van der Waals surface area contributed by atoms with Crippen LogP contribution in [0, 0.1) is 34.5 Å². The van der Waals surface area contributed by atoms with E-state index in [1.165, 1.54) is 19.3 Å². The van der Waals surface area contributed by atoms with Gasteiger partial charge in [-0.15, -0.1) is 0 Å². The highest BCUT2D eigenvalue weighted by atomic mass is 16.3. The second kappa shape index (κ2) is 10.6. The number of hydrogen-bond acceptors (Lipinski definition) is 2. The molecular weight excluding hydrogens is 332 g/mol. The molecule has 4 atom stereocenters. The fourth-order valence-corrected chi connectivity index (χ4v) is 3.19. The second-order valence-electron chi connectivity index (χ2n) is 12.0. The summed E-state index contributed by atoms with van der Waals surface area (Å²) in [6, 6.07) is 0. The molecule has 1 saturated carbocycles. The number of hydrogen-bond donors (Lipinski definition) is 2. The molecule has 4 unspecified atom stereocenters. The Morgan fingerprint density at radius 1 is 0.593 bits per heavy atom. The first kappa shape index (κ1) is 29.1. The van der Waals surface area contributed by atoms with Crippen LogP contribution in [0.5, 0.6) is 0 Å². The lowest BCUT2D eigenvalue weighted by Crippen LogP contribution is -2.35. The SMILES string of the molecule is CC(C)(C)C(C)(C)O.CC(C)(C)C(C)(C)O.CCC1C(C)CC(C)C1CC. The molecule has 166 valence electrons. The molecule has 0 bridgehead atoms. The Kier molecular flexibility index (Phi) is 11.5. The molecule has 0 spiro atoms. The maximum Gasteiger partial charge on any atom is 0.0639 e. The van der Waals surface area contributed by atoms with Crippen LogP contribution < -0.4 is 0 Å². The Morgan fingerprint density at radius 2 is 0.778 bits per heavy atom. The molecule has 0 saturated heterocycles. The van der Waals surface area contributed by atoms with Gasteiger partial charge in [-0.05, 0) is 68.6 Å². The summed E-state index contributed by atoms with van der Waals surface area (Å²) in [6.07, 6.45) is 4.26. The minimum atomic E-state index is -0.562. The molecular formula is C25H54O2. The third-order valence-electron chi connectivity index (χ3n) is 7.37. The van der Waals surface area contributed by atoms with Gasteiger partial charge in [-0.3, -0.25) is 0 Å². The van der Waals surface area contributed by atoms with Gasteiger partial charge in [0.2, 0.25) is 0 Å². The predicted molar refractivity (Wildman–Crippen MR) is 122 cm³/mol. The third-order valence-corrected chi connectivity index (χ3v) is 7.37. The smallest absolute Gasteiger partial charge is 0.0639 e. The van der Waals surface area contributed by atoms with E-state index in [0.717, 1.165) is 23.7 Å². The van der Waals surface area contributed by atoms with E-state index < -0.39 is 11.2 Å². The molecule has 0 aliphatic heterocycles. The van der Waals surface area contributed by atoms with Gasteiger partial charge in [0.05, 0.1) is 11.2 Å². The molecule has 0 aromatic heterocycles. The van der Waals surface area contributed by atoms with E-state index in [0.29, 0.717) is 0 Å². The first-order chi connectivity index (χ1) is 11.7. The van der Waals surface area contributed by atoms with Gasteiger partial charge in [0.1, 0.15) is 0 Å². The van der Waals surface area contributed by atoms with Crippen molar-refractivity contribution in [2.75, 3.05) is 0 Å². The van der Waals surface area contributed by atoms with Crippen LogP contribution in [0.4, 0.5) is 0 Å². The van der Waals surface area contributed by atoms with Crippen LogP contribution in [0.2, 0.25) is 0 Å². The van der Waals surface area contributed by atoms with E-state index in [-0.39, 0.29) is 10.8 Å². The lowest BCUT2D eigenvalue weighted by Gasteiger charge is -2.33. The molecule has 1 rings (SSSR count). The first-order valence-electron chi connectivity index (χ1n) is 11.1. The van der Waals surface area contributed by atoms with E-state index in [2.05, 4.69) is 27.7 Å². The van der Waals surface area contributed by atoms with Crippen LogP contribution in [0.15, 0.2) is 0 Å². The Labute approximate surface area is 172 Å². The Balaban J connectivity index is 0. The van der Waals surface area contributed by atoms with Crippen molar-refractivity contribution >= 4 is 0 Å². The zero-order chi connectivity index (χ0) is 22.4. The minimum Gasteiger partial charge on any atom is -0.390 e. The largest absolute Gasteiger partial charge is 0.390 e. The van der Waals surface area contributed by atoms with Crippen LogP contribution in [0.1, 0.15) is 116 Å². The van der Waals surface area contributed by atoms with Gasteiger partial charge < -0.3 is 10.2 Å². The van der Waals surface area contributed by atoms with Crippen LogP contribution in [-0.2, 0) is 0 Å². The van der Waals surface area contributed by atoms with Crippen molar-refractivity contribution in [3.05, 3.63) is 0 Å². The molecule has 0 heterocycles. The molecule has 0 amide bonds. The Morgan fingerprint density at radius 3 is 0.889 bits per heavy atom. The van der Waals surface area contributed by atoms with Gasteiger partial charge >= 0.3 is 0 Å². The summed E-state index contributed by atoms with van der Waals surface area (Å²) in [5.74, 6) is 4.02. The third kappa shape index (κ3) is 10.3. The van der Waals surface area contributed by atoms with E-state index in [1.54, 1.807) is 0 Å². The number of rotatable bonds is 2. The maximum absolute atomic E-state index is 9.35. The van der Waals surface area contributed by atoms with Gasteiger partial charge in [0.25, 0.3) is 0 Å². The zero-order valence-corrected chi connectivity index (χ0v) is 21.3. The molecule has 2 heteroatoms. The number of aliphatic hydroxyl groups is 2. The van der Waals surface area contributed by atoms with E-state index >= 15 is 0 Å². The van der Waals surface area contributed by atoms with E-state index in [9.17, 15) is 10.2 Å². The Bertz CT molecular complexity index is 323. The molecule has 2 N–H and O–H groups in total. The van der Waals surface area contributed by atoms with Crippen LogP contribution in [0.25, 0.3) is 0 Å². The minimum absolute atomic E-state index is 0.00694. The normalized spacial score (nSPS) is 26.7. The van der Waals surface area contributed by atoms with Gasteiger partial charge in [0.15, 0.2) is 0 Å². The highest BCUT2D eigenvalue weighted by Gasteiger charge is 2.35.